The number of aliphatic hydroxyl groups excluding tert-OH is 1. The van der Waals surface area contributed by atoms with Gasteiger partial charge in [0.2, 0.25) is 0 Å². The number of nitrogens with zero attached hydrogens (tertiary/aromatic N) is 2. The zero-order valence-electron chi connectivity index (χ0n) is 18.2. The first-order valence-electron chi connectivity index (χ1n) is 10.6. The van der Waals surface area contributed by atoms with Gasteiger partial charge in [0.15, 0.2) is 17.2 Å². The van der Waals surface area contributed by atoms with Gasteiger partial charge in [-0.25, -0.2) is 13.8 Å². The summed E-state index contributed by atoms with van der Waals surface area (Å²) >= 11 is 0. The zero-order valence-corrected chi connectivity index (χ0v) is 18.2. The molecule has 1 N–H and O–H groups in total. The molecule has 0 bridgehead atoms. The number of unbranched alkanes of at least 4 members (excludes halogenated alkanes) is 1. The summed E-state index contributed by atoms with van der Waals surface area (Å²) < 4.78 is 35.3. The molecule has 32 heavy (non-hydrogen) atoms. The fourth-order valence-corrected chi connectivity index (χ4v) is 3.68. The van der Waals surface area contributed by atoms with Gasteiger partial charge in [0.05, 0.1) is 11.3 Å². The average Bonchev–Trinajstić information content (AvgIpc) is 3.11. The molecule has 2 heterocycles. The summed E-state index contributed by atoms with van der Waals surface area (Å²) in [5, 5.41) is 9.65. The van der Waals surface area contributed by atoms with Crippen LogP contribution >= 0.6 is 0 Å². The van der Waals surface area contributed by atoms with Crippen LogP contribution in [0.15, 0.2) is 30.5 Å². The Hall–Kier alpha value is -3.24. The molecule has 0 radical (unpaired) electrons. The van der Waals surface area contributed by atoms with Crippen molar-refractivity contribution in [2.75, 3.05) is 6.61 Å². The van der Waals surface area contributed by atoms with Crippen molar-refractivity contribution in [2.24, 2.45) is 5.92 Å². The Morgan fingerprint density at radius 3 is 2.69 bits per heavy atom. The molecule has 0 aliphatic rings. The first-order chi connectivity index (χ1) is 15.4. The van der Waals surface area contributed by atoms with E-state index in [4.69, 9.17) is 11.2 Å². The molecule has 0 aliphatic carbocycles. The van der Waals surface area contributed by atoms with Gasteiger partial charge < -0.3 is 9.84 Å². The van der Waals surface area contributed by atoms with Crippen molar-refractivity contribution in [1.82, 2.24) is 9.38 Å². The quantitative estimate of drug-likeness (QED) is 0.362. The number of fused-ring (bicyclic) bond motifs is 1. The predicted octanol–water partition coefficient (Wildman–Crippen LogP) is 4.85. The summed E-state index contributed by atoms with van der Waals surface area (Å²) in [6.45, 7) is 3.33. The average molecular weight is 440 g/mol. The van der Waals surface area contributed by atoms with E-state index in [0.29, 0.717) is 22.6 Å². The number of ketones is 1. The highest BCUT2D eigenvalue weighted by Crippen LogP contribution is 2.27. The van der Waals surface area contributed by atoms with Gasteiger partial charge in [-0.05, 0) is 31.4 Å². The van der Waals surface area contributed by atoms with Crippen molar-refractivity contribution in [3.8, 4) is 18.1 Å². The monoisotopic (exact) mass is 440 g/mol. The summed E-state index contributed by atoms with van der Waals surface area (Å²) in [7, 11) is 0. The third-order valence-corrected chi connectivity index (χ3v) is 5.42. The minimum Gasteiger partial charge on any atom is -0.485 e. The molecule has 5 nitrogen and oxygen atoms in total. The van der Waals surface area contributed by atoms with Gasteiger partial charge in [-0.3, -0.25) is 9.20 Å². The molecular weight excluding hydrogens is 414 g/mol. The lowest BCUT2D eigenvalue weighted by Gasteiger charge is -2.13. The Morgan fingerprint density at radius 1 is 1.34 bits per heavy atom. The van der Waals surface area contributed by atoms with E-state index in [2.05, 4.69) is 17.8 Å². The number of hydrogen-bond donors (Lipinski definition) is 1. The Balaban J connectivity index is 1.96. The van der Waals surface area contributed by atoms with Crippen LogP contribution in [0, 0.1) is 36.8 Å². The summed E-state index contributed by atoms with van der Waals surface area (Å²) in [5.41, 5.74) is 1.39. The van der Waals surface area contributed by atoms with Gasteiger partial charge in [0.1, 0.15) is 23.9 Å². The summed E-state index contributed by atoms with van der Waals surface area (Å²) in [4.78, 5) is 17.5. The van der Waals surface area contributed by atoms with Crippen LogP contribution in [0.2, 0.25) is 0 Å². The van der Waals surface area contributed by atoms with Crippen LogP contribution in [-0.2, 0) is 6.61 Å². The van der Waals surface area contributed by atoms with E-state index in [1.165, 1.54) is 6.07 Å². The molecule has 2 aromatic heterocycles. The van der Waals surface area contributed by atoms with Crippen LogP contribution in [-0.4, -0.2) is 26.9 Å². The van der Waals surface area contributed by atoms with E-state index in [-0.39, 0.29) is 42.6 Å². The fraction of sp³-hybridized carbons (Fsp3) is 0.360. The van der Waals surface area contributed by atoms with E-state index in [9.17, 15) is 18.7 Å². The first-order valence-corrected chi connectivity index (χ1v) is 10.6. The van der Waals surface area contributed by atoms with Crippen LogP contribution in [0.5, 0.6) is 5.75 Å². The van der Waals surface area contributed by atoms with Crippen LogP contribution < -0.4 is 4.74 Å². The highest BCUT2D eigenvalue weighted by Gasteiger charge is 2.23. The van der Waals surface area contributed by atoms with Crippen molar-refractivity contribution in [3.63, 3.8) is 0 Å². The SMILES string of the molecule is C#Cc1cc(OCc2c(F)cccc2F)c2nc(C)c(C(=O)C[C@@H](CO)CCCC)n2c1. The van der Waals surface area contributed by atoms with E-state index in [0.717, 1.165) is 31.4 Å². The summed E-state index contributed by atoms with van der Waals surface area (Å²) in [5.74, 6) is 0.995. The number of ether oxygens (including phenoxy) is 1. The number of halogens is 2. The normalized spacial score (nSPS) is 12.0. The molecule has 1 atom stereocenters. The van der Waals surface area contributed by atoms with Crippen LogP contribution in [0.4, 0.5) is 8.78 Å². The number of carbonyl (C=O) groups is 1. The Bertz CT molecular complexity index is 1140. The highest BCUT2D eigenvalue weighted by atomic mass is 19.1. The van der Waals surface area contributed by atoms with Gasteiger partial charge in [0, 0.05) is 30.9 Å². The molecule has 0 fully saturated rings. The molecule has 1 aromatic carbocycles. The van der Waals surface area contributed by atoms with Crippen molar-refractivity contribution in [2.45, 2.75) is 46.1 Å². The predicted molar refractivity (Wildman–Crippen MR) is 118 cm³/mol. The third-order valence-electron chi connectivity index (χ3n) is 5.42. The van der Waals surface area contributed by atoms with Crippen molar-refractivity contribution >= 4 is 11.4 Å². The minimum atomic E-state index is -0.716. The van der Waals surface area contributed by atoms with Gasteiger partial charge >= 0.3 is 0 Å². The topological polar surface area (TPSA) is 63.8 Å². The Morgan fingerprint density at radius 2 is 2.06 bits per heavy atom. The lowest BCUT2D eigenvalue weighted by atomic mass is 9.95. The molecule has 7 heteroatoms. The summed E-state index contributed by atoms with van der Waals surface area (Å²) in [6.07, 6.45) is 10.0. The number of aromatic nitrogens is 2. The van der Waals surface area contributed by atoms with E-state index < -0.39 is 11.6 Å². The van der Waals surface area contributed by atoms with Crippen molar-refractivity contribution in [3.05, 3.63) is 64.6 Å². The first kappa shape index (κ1) is 23.4. The number of imidazole rings is 1. The summed E-state index contributed by atoms with van der Waals surface area (Å²) in [6, 6.07) is 5.14. The van der Waals surface area contributed by atoms with Gasteiger partial charge in [0.25, 0.3) is 0 Å². The molecule has 168 valence electrons. The lowest BCUT2D eigenvalue weighted by Crippen LogP contribution is -2.15. The number of pyridine rings is 1. The number of carbonyl (C=O) groups excluding carboxylic acids is 1. The molecule has 0 amide bonds. The van der Waals surface area contributed by atoms with E-state index in [1.54, 1.807) is 23.6 Å². The maximum atomic E-state index is 14.0. The molecule has 0 saturated heterocycles. The maximum Gasteiger partial charge on any atom is 0.181 e. The van der Waals surface area contributed by atoms with Crippen LogP contribution in [0.1, 0.15) is 59.9 Å². The highest BCUT2D eigenvalue weighted by molar-refractivity contribution is 5.97. The molecule has 0 unspecified atom stereocenters. The standard InChI is InChI=1S/C25H26F2N2O3/c1-4-6-8-18(14-30)11-22(31)24-16(3)28-25-23(12-17(5-2)13-29(24)25)32-15-19-20(26)9-7-10-21(19)27/h2,7,9-10,12-13,18,30H,4,6,8,11,14-15H2,1,3H3/t18-/m0/s1. The maximum absolute atomic E-state index is 14.0. The molecule has 0 spiro atoms. The molecular formula is C25H26F2N2O3. The number of rotatable bonds is 10. The number of hydrogen-bond acceptors (Lipinski definition) is 4. The van der Waals surface area contributed by atoms with Crippen LogP contribution in [0.3, 0.4) is 0 Å². The molecule has 3 rings (SSSR count). The third kappa shape index (κ3) is 4.97. The van der Waals surface area contributed by atoms with Crippen molar-refractivity contribution in [1.29, 1.82) is 0 Å². The molecule has 0 saturated carbocycles. The number of terminal acetylenes is 1. The smallest absolute Gasteiger partial charge is 0.181 e. The lowest BCUT2D eigenvalue weighted by molar-refractivity contribution is 0.0923. The number of benzene rings is 1. The van der Waals surface area contributed by atoms with Crippen LogP contribution in [0.25, 0.3) is 5.65 Å². The fourth-order valence-electron chi connectivity index (χ4n) is 3.68. The largest absolute Gasteiger partial charge is 0.485 e. The number of aliphatic hydroxyl groups is 1. The second kappa shape index (κ2) is 10.4. The van der Waals surface area contributed by atoms with Gasteiger partial charge in [-0.1, -0.05) is 31.8 Å². The van der Waals surface area contributed by atoms with Gasteiger partial charge in [-0.15, -0.1) is 6.42 Å². The molecule has 0 aliphatic heterocycles. The van der Waals surface area contributed by atoms with Gasteiger partial charge in [-0.2, -0.15) is 0 Å². The van der Waals surface area contributed by atoms with E-state index in [1.807, 2.05) is 0 Å². The molecule has 3 aromatic rings. The van der Waals surface area contributed by atoms with Crippen molar-refractivity contribution < 1.29 is 23.4 Å². The second-order valence-electron chi connectivity index (χ2n) is 7.78. The second-order valence-corrected chi connectivity index (χ2v) is 7.78. The minimum absolute atomic E-state index is 0.0697. The zero-order chi connectivity index (χ0) is 23.3. The number of aryl methyl sites for hydroxylation is 1. The van der Waals surface area contributed by atoms with E-state index >= 15 is 0 Å². The number of Topliss-reactive ketones (excluding diaryl/α,β-unsaturated/α-hetero) is 1. The Labute approximate surface area is 186 Å². The Kier molecular flexibility index (Phi) is 7.60.